The normalized spacial score (nSPS) is 22.8. The zero-order chi connectivity index (χ0) is 12.6. The highest BCUT2D eigenvalue weighted by molar-refractivity contribution is 9.10. The summed E-state index contributed by atoms with van der Waals surface area (Å²) in [5.74, 6) is 0.0595. The first-order valence-corrected chi connectivity index (χ1v) is 6.52. The van der Waals surface area contributed by atoms with Crippen molar-refractivity contribution in [1.82, 2.24) is 4.90 Å². The predicted molar refractivity (Wildman–Crippen MR) is 71.8 cm³/mol. The first kappa shape index (κ1) is 12.6. The summed E-state index contributed by atoms with van der Waals surface area (Å²) in [6, 6.07) is 7.56. The molecular weight excluding hydrogens is 280 g/mol. The fraction of sp³-hybridized carbons (Fsp3) is 0.462. The third-order valence-electron chi connectivity index (χ3n) is 3.23. The second-order valence-electron chi connectivity index (χ2n) is 5.20. The Morgan fingerprint density at radius 1 is 1.53 bits per heavy atom. The highest BCUT2D eigenvalue weighted by Crippen LogP contribution is 2.29. The zero-order valence-corrected chi connectivity index (χ0v) is 11.7. The van der Waals surface area contributed by atoms with Crippen LogP contribution in [0.15, 0.2) is 28.7 Å². The van der Waals surface area contributed by atoms with Gasteiger partial charge in [-0.25, -0.2) is 0 Å². The third kappa shape index (κ3) is 2.53. The number of likely N-dealkylation sites (tertiary alicyclic amines) is 1. The van der Waals surface area contributed by atoms with Gasteiger partial charge in [-0.1, -0.05) is 22.0 Å². The SMILES string of the molecule is CC1(C)CC(N)CN1C(=O)c1cccc(Br)c1. The summed E-state index contributed by atoms with van der Waals surface area (Å²) in [5.41, 5.74) is 6.50. The summed E-state index contributed by atoms with van der Waals surface area (Å²) in [6.07, 6.45) is 0.854. The molecule has 1 atom stereocenters. The maximum Gasteiger partial charge on any atom is 0.254 e. The number of carbonyl (C=O) groups is 1. The van der Waals surface area contributed by atoms with Crippen molar-refractivity contribution in [3.05, 3.63) is 34.3 Å². The largest absolute Gasteiger partial charge is 0.332 e. The molecule has 0 radical (unpaired) electrons. The lowest BCUT2D eigenvalue weighted by Gasteiger charge is -2.31. The van der Waals surface area contributed by atoms with E-state index in [2.05, 4.69) is 29.8 Å². The van der Waals surface area contributed by atoms with Gasteiger partial charge < -0.3 is 10.6 Å². The van der Waals surface area contributed by atoms with Crippen LogP contribution in [0.1, 0.15) is 30.6 Å². The van der Waals surface area contributed by atoms with Gasteiger partial charge in [-0.2, -0.15) is 0 Å². The van der Waals surface area contributed by atoms with Gasteiger partial charge in [0.2, 0.25) is 0 Å². The molecule has 0 spiro atoms. The van der Waals surface area contributed by atoms with Crippen LogP contribution in [0.2, 0.25) is 0 Å². The van der Waals surface area contributed by atoms with Gasteiger partial charge in [0.25, 0.3) is 5.91 Å². The first-order valence-electron chi connectivity index (χ1n) is 5.73. The number of hydrogen-bond acceptors (Lipinski definition) is 2. The van der Waals surface area contributed by atoms with Crippen LogP contribution in [0.5, 0.6) is 0 Å². The van der Waals surface area contributed by atoms with E-state index < -0.39 is 0 Å². The van der Waals surface area contributed by atoms with Crippen molar-refractivity contribution in [2.45, 2.75) is 31.8 Å². The van der Waals surface area contributed by atoms with E-state index in [0.29, 0.717) is 12.1 Å². The first-order chi connectivity index (χ1) is 7.90. The molecule has 3 nitrogen and oxygen atoms in total. The molecule has 1 aromatic rings. The third-order valence-corrected chi connectivity index (χ3v) is 3.72. The Morgan fingerprint density at radius 3 is 2.76 bits per heavy atom. The molecule has 0 saturated carbocycles. The smallest absolute Gasteiger partial charge is 0.254 e. The van der Waals surface area contributed by atoms with E-state index in [9.17, 15) is 4.79 Å². The average Bonchev–Trinajstić information content (AvgIpc) is 2.51. The molecule has 1 unspecified atom stereocenters. The van der Waals surface area contributed by atoms with Gasteiger partial charge in [0.05, 0.1) is 0 Å². The molecule has 0 aliphatic carbocycles. The molecule has 2 rings (SSSR count). The Kier molecular flexibility index (Phi) is 3.27. The summed E-state index contributed by atoms with van der Waals surface area (Å²) >= 11 is 3.38. The Morgan fingerprint density at radius 2 is 2.24 bits per heavy atom. The number of halogens is 1. The van der Waals surface area contributed by atoms with Crippen molar-refractivity contribution in [3.8, 4) is 0 Å². The zero-order valence-electron chi connectivity index (χ0n) is 10.1. The quantitative estimate of drug-likeness (QED) is 0.865. The Labute approximate surface area is 110 Å². The minimum absolute atomic E-state index is 0.0595. The maximum absolute atomic E-state index is 12.4. The summed E-state index contributed by atoms with van der Waals surface area (Å²) in [7, 11) is 0. The number of carbonyl (C=O) groups excluding carboxylic acids is 1. The molecule has 17 heavy (non-hydrogen) atoms. The maximum atomic E-state index is 12.4. The van der Waals surface area contributed by atoms with Gasteiger partial charge in [0, 0.05) is 28.2 Å². The number of rotatable bonds is 1. The van der Waals surface area contributed by atoms with E-state index in [1.807, 2.05) is 29.2 Å². The van der Waals surface area contributed by atoms with Crippen molar-refractivity contribution in [2.24, 2.45) is 5.73 Å². The standard InChI is InChI=1S/C13H17BrN2O/c1-13(2)7-11(15)8-16(13)12(17)9-4-3-5-10(14)6-9/h3-6,11H,7-8,15H2,1-2H3. The van der Waals surface area contributed by atoms with E-state index in [1.54, 1.807) is 0 Å². The van der Waals surface area contributed by atoms with Crippen LogP contribution in [0, 0.1) is 0 Å². The van der Waals surface area contributed by atoms with E-state index in [1.165, 1.54) is 0 Å². The number of hydrogen-bond donors (Lipinski definition) is 1. The van der Waals surface area contributed by atoms with E-state index >= 15 is 0 Å². The number of amides is 1. The van der Waals surface area contributed by atoms with Gasteiger partial charge in [0.1, 0.15) is 0 Å². The Bertz CT molecular complexity index is 445. The lowest BCUT2D eigenvalue weighted by Crippen LogP contribution is -2.42. The van der Waals surface area contributed by atoms with Crippen molar-refractivity contribution in [3.63, 3.8) is 0 Å². The molecule has 2 N–H and O–H groups in total. The van der Waals surface area contributed by atoms with Crippen LogP contribution >= 0.6 is 15.9 Å². The lowest BCUT2D eigenvalue weighted by molar-refractivity contribution is 0.0651. The van der Waals surface area contributed by atoms with Gasteiger partial charge >= 0.3 is 0 Å². The highest BCUT2D eigenvalue weighted by Gasteiger charge is 2.39. The van der Waals surface area contributed by atoms with Crippen molar-refractivity contribution < 1.29 is 4.79 Å². The molecule has 1 aliphatic rings. The summed E-state index contributed by atoms with van der Waals surface area (Å²) in [4.78, 5) is 14.3. The molecule has 1 amide bonds. The van der Waals surface area contributed by atoms with Crippen LogP contribution in [0.25, 0.3) is 0 Å². The molecular formula is C13H17BrN2O. The van der Waals surface area contributed by atoms with Crippen LogP contribution in [-0.4, -0.2) is 28.9 Å². The topological polar surface area (TPSA) is 46.3 Å². The fourth-order valence-electron chi connectivity index (χ4n) is 2.43. The molecule has 1 saturated heterocycles. The van der Waals surface area contributed by atoms with Crippen LogP contribution in [-0.2, 0) is 0 Å². The molecule has 4 heteroatoms. The fourth-order valence-corrected chi connectivity index (χ4v) is 2.83. The van der Waals surface area contributed by atoms with Gasteiger partial charge in [0.15, 0.2) is 0 Å². The van der Waals surface area contributed by atoms with Crippen molar-refractivity contribution in [1.29, 1.82) is 0 Å². The second kappa shape index (κ2) is 4.42. The monoisotopic (exact) mass is 296 g/mol. The van der Waals surface area contributed by atoms with E-state index in [-0.39, 0.29) is 17.5 Å². The summed E-state index contributed by atoms with van der Waals surface area (Å²) in [5, 5.41) is 0. The molecule has 0 aromatic heterocycles. The van der Waals surface area contributed by atoms with Crippen molar-refractivity contribution >= 4 is 21.8 Å². The van der Waals surface area contributed by atoms with Crippen LogP contribution in [0.4, 0.5) is 0 Å². The predicted octanol–water partition coefficient (Wildman–Crippen LogP) is 2.40. The lowest BCUT2D eigenvalue weighted by atomic mass is 10.00. The molecule has 92 valence electrons. The minimum atomic E-state index is -0.154. The van der Waals surface area contributed by atoms with Gasteiger partial charge in [-0.15, -0.1) is 0 Å². The molecule has 1 aliphatic heterocycles. The van der Waals surface area contributed by atoms with Crippen LogP contribution in [0.3, 0.4) is 0 Å². The number of benzene rings is 1. The van der Waals surface area contributed by atoms with E-state index in [0.717, 1.165) is 10.9 Å². The van der Waals surface area contributed by atoms with Crippen LogP contribution < -0.4 is 5.73 Å². The van der Waals surface area contributed by atoms with Gasteiger partial charge in [-0.05, 0) is 38.5 Å². The summed E-state index contributed by atoms with van der Waals surface area (Å²) < 4.78 is 0.921. The molecule has 1 fully saturated rings. The highest BCUT2D eigenvalue weighted by atomic mass is 79.9. The summed E-state index contributed by atoms with van der Waals surface area (Å²) in [6.45, 7) is 4.77. The minimum Gasteiger partial charge on any atom is -0.332 e. The molecule has 0 bridgehead atoms. The molecule has 1 aromatic carbocycles. The number of nitrogens with zero attached hydrogens (tertiary/aromatic N) is 1. The second-order valence-corrected chi connectivity index (χ2v) is 6.12. The van der Waals surface area contributed by atoms with Crippen molar-refractivity contribution in [2.75, 3.05) is 6.54 Å². The average molecular weight is 297 g/mol. The van der Waals surface area contributed by atoms with E-state index in [4.69, 9.17) is 5.73 Å². The Hall–Kier alpha value is -0.870. The molecule has 1 heterocycles. The number of nitrogens with two attached hydrogens (primary N) is 1. The van der Waals surface area contributed by atoms with Gasteiger partial charge in [-0.3, -0.25) is 4.79 Å². The Balaban J connectivity index is 2.26.